The Bertz CT molecular complexity index is 1270. The van der Waals surface area contributed by atoms with Crippen molar-refractivity contribution in [1.29, 1.82) is 0 Å². The number of nitrogens with zero attached hydrogens (tertiary/aromatic N) is 1. The summed E-state index contributed by atoms with van der Waals surface area (Å²) in [6, 6.07) is 16.3. The van der Waals surface area contributed by atoms with E-state index in [2.05, 4.69) is 22.5 Å². The molecule has 4 rings (SSSR count). The van der Waals surface area contributed by atoms with E-state index in [1.807, 2.05) is 49.4 Å². The maximum Gasteiger partial charge on any atom is 0.251 e. The van der Waals surface area contributed by atoms with E-state index in [4.69, 9.17) is 4.42 Å². The zero-order valence-electron chi connectivity index (χ0n) is 22.9. The van der Waals surface area contributed by atoms with Gasteiger partial charge in [0.25, 0.3) is 5.91 Å². The van der Waals surface area contributed by atoms with E-state index < -0.39 is 22.9 Å². The summed E-state index contributed by atoms with van der Waals surface area (Å²) < 4.78 is 28.5. The van der Waals surface area contributed by atoms with Gasteiger partial charge < -0.3 is 25.5 Å². The van der Waals surface area contributed by atoms with Crippen molar-refractivity contribution in [3.05, 3.63) is 89.9 Å². The van der Waals surface area contributed by atoms with Gasteiger partial charge in [0.15, 0.2) is 0 Å². The van der Waals surface area contributed by atoms with Crippen LogP contribution in [0.15, 0.2) is 71.9 Å². The summed E-state index contributed by atoms with van der Waals surface area (Å²) in [6.45, 7) is 7.50. The molecule has 2 aromatic carbocycles. The monoisotopic (exact) mass is 568 g/mol. The van der Waals surface area contributed by atoms with E-state index in [9.17, 15) is 19.0 Å². The first-order valence-electron chi connectivity index (χ1n) is 13.6. The number of anilines is 2. The SMILES string of the molecule is C=Cc1coc(CNC[C@H](O)[C@H](Cc2ccccc2)NC(=O)c2cc(NCC)cc(N3CCCCS3(O)O)c2)c1. The minimum Gasteiger partial charge on any atom is -0.467 e. The number of aliphatic hydroxyl groups excluding tert-OH is 1. The van der Waals surface area contributed by atoms with Crippen molar-refractivity contribution < 1.29 is 23.4 Å². The minimum absolute atomic E-state index is 0.235. The Labute approximate surface area is 237 Å². The van der Waals surface area contributed by atoms with Gasteiger partial charge in [-0.3, -0.25) is 18.2 Å². The first kappa shape index (κ1) is 29.7. The molecule has 1 aliphatic rings. The van der Waals surface area contributed by atoms with Gasteiger partial charge in [0.05, 0.1) is 36.4 Å². The molecular weight excluding hydrogens is 528 g/mol. The molecule has 1 amide bonds. The van der Waals surface area contributed by atoms with E-state index in [0.29, 0.717) is 48.7 Å². The molecule has 9 nitrogen and oxygen atoms in total. The number of amides is 1. The molecule has 0 saturated carbocycles. The lowest BCUT2D eigenvalue weighted by Gasteiger charge is -2.47. The van der Waals surface area contributed by atoms with Crippen LogP contribution >= 0.6 is 10.8 Å². The van der Waals surface area contributed by atoms with Crippen LogP contribution in [0.2, 0.25) is 0 Å². The highest BCUT2D eigenvalue weighted by atomic mass is 32.3. The summed E-state index contributed by atoms with van der Waals surface area (Å²) in [7, 11) is -2.95. The molecule has 1 aliphatic heterocycles. The van der Waals surface area contributed by atoms with Crippen molar-refractivity contribution in [3.63, 3.8) is 0 Å². The molecule has 40 heavy (non-hydrogen) atoms. The number of benzene rings is 2. The Morgan fingerprint density at radius 2 is 1.98 bits per heavy atom. The second-order valence-corrected chi connectivity index (χ2v) is 12.1. The predicted molar refractivity (Wildman–Crippen MR) is 163 cm³/mol. The van der Waals surface area contributed by atoms with Crippen molar-refractivity contribution in [2.24, 2.45) is 0 Å². The van der Waals surface area contributed by atoms with E-state index >= 15 is 0 Å². The van der Waals surface area contributed by atoms with Crippen LogP contribution in [0.1, 0.15) is 47.0 Å². The molecular formula is C30H40N4O5S. The van der Waals surface area contributed by atoms with Crippen LogP contribution in [0.3, 0.4) is 0 Å². The van der Waals surface area contributed by atoms with Crippen LogP contribution in [0.4, 0.5) is 11.4 Å². The third-order valence-electron chi connectivity index (χ3n) is 6.87. The largest absolute Gasteiger partial charge is 0.467 e. The lowest BCUT2D eigenvalue weighted by atomic mass is 10.00. The first-order chi connectivity index (χ1) is 19.3. The van der Waals surface area contributed by atoms with Gasteiger partial charge >= 0.3 is 0 Å². The highest BCUT2D eigenvalue weighted by molar-refractivity contribution is 8.25. The van der Waals surface area contributed by atoms with Crippen molar-refractivity contribution in [1.82, 2.24) is 10.6 Å². The van der Waals surface area contributed by atoms with E-state index in [1.165, 1.54) is 0 Å². The zero-order valence-corrected chi connectivity index (χ0v) is 23.7. The summed E-state index contributed by atoms with van der Waals surface area (Å²) in [4.78, 5) is 13.6. The molecule has 3 aromatic rings. The number of aliphatic hydroxyl groups is 1. The molecule has 1 fully saturated rings. The smallest absolute Gasteiger partial charge is 0.251 e. The summed E-state index contributed by atoms with van der Waals surface area (Å²) in [6.07, 6.45) is 4.47. The topological polar surface area (TPSA) is 130 Å². The Morgan fingerprint density at radius 3 is 2.67 bits per heavy atom. The van der Waals surface area contributed by atoms with E-state index in [-0.39, 0.29) is 12.5 Å². The normalized spacial score (nSPS) is 17.1. The lowest BCUT2D eigenvalue weighted by molar-refractivity contribution is 0.0829. The third-order valence-corrected chi connectivity index (χ3v) is 8.81. The molecule has 1 saturated heterocycles. The van der Waals surface area contributed by atoms with Gasteiger partial charge in [0, 0.05) is 36.4 Å². The maximum absolute atomic E-state index is 13.6. The van der Waals surface area contributed by atoms with E-state index in [0.717, 1.165) is 29.7 Å². The molecule has 2 atom stereocenters. The summed E-state index contributed by atoms with van der Waals surface area (Å²) in [5.41, 5.74) is 3.54. The average Bonchev–Trinajstić information content (AvgIpc) is 3.41. The van der Waals surface area contributed by atoms with Gasteiger partial charge in [-0.2, -0.15) is 0 Å². The van der Waals surface area contributed by atoms with Crippen LogP contribution in [0, 0.1) is 0 Å². The van der Waals surface area contributed by atoms with Gasteiger partial charge in [-0.25, -0.2) is 0 Å². The Hall–Kier alpha value is -3.28. The van der Waals surface area contributed by atoms with Crippen LogP contribution in [-0.2, 0) is 13.0 Å². The van der Waals surface area contributed by atoms with Gasteiger partial charge in [-0.15, -0.1) is 10.8 Å². The standard InChI is InChI=1S/C30H40N4O5S/c1-3-22-14-27(39-21-22)19-31-20-29(35)28(15-23-10-6-5-7-11-23)33-30(36)24-16-25(32-4-2)18-26(17-24)34-12-8-9-13-40(34,37)38/h3,5-7,10-11,14,16-18,21,28-29,31-32,35,37-38H,1,4,8-9,12-13,15,19-20H2,2H3,(H,33,36)/t28-,29-/m0/s1. The fraction of sp³-hybridized carbons (Fsp3) is 0.367. The third kappa shape index (κ3) is 7.89. The van der Waals surface area contributed by atoms with Crippen LogP contribution < -0.4 is 20.3 Å². The number of furan rings is 1. The van der Waals surface area contributed by atoms with Gasteiger partial charge in [-0.05, 0) is 56.0 Å². The predicted octanol–water partition coefficient (Wildman–Crippen LogP) is 5.11. The average molecular weight is 569 g/mol. The Kier molecular flexibility index (Phi) is 10.3. The van der Waals surface area contributed by atoms with Crippen molar-refractivity contribution in [3.8, 4) is 0 Å². The van der Waals surface area contributed by atoms with Gasteiger partial charge in [-0.1, -0.05) is 43.0 Å². The fourth-order valence-corrected chi connectivity index (χ4v) is 6.46. The molecule has 10 heteroatoms. The maximum atomic E-state index is 13.6. The zero-order chi connectivity index (χ0) is 28.5. The highest BCUT2D eigenvalue weighted by Gasteiger charge is 2.28. The quantitative estimate of drug-likeness (QED) is 0.168. The molecule has 6 N–H and O–H groups in total. The second-order valence-electron chi connectivity index (χ2n) is 9.96. The molecule has 216 valence electrons. The molecule has 0 bridgehead atoms. The number of rotatable bonds is 13. The fourth-order valence-electron chi connectivity index (χ4n) is 4.78. The molecule has 0 unspecified atom stereocenters. The van der Waals surface area contributed by atoms with Crippen molar-refractivity contribution in [2.75, 3.05) is 35.0 Å². The van der Waals surface area contributed by atoms with Crippen molar-refractivity contribution in [2.45, 2.75) is 44.9 Å². The Balaban J connectivity index is 1.52. The number of hydrogen-bond donors (Lipinski definition) is 6. The highest BCUT2D eigenvalue weighted by Crippen LogP contribution is 2.50. The molecule has 0 spiro atoms. The van der Waals surface area contributed by atoms with Crippen LogP contribution in [0.5, 0.6) is 0 Å². The minimum atomic E-state index is -2.95. The molecule has 1 aromatic heterocycles. The molecule has 0 aliphatic carbocycles. The summed E-state index contributed by atoms with van der Waals surface area (Å²) in [5, 5.41) is 20.6. The first-order valence-corrected chi connectivity index (χ1v) is 15.3. The van der Waals surface area contributed by atoms with Crippen molar-refractivity contribution >= 4 is 34.1 Å². The number of carbonyl (C=O) groups excluding carboxylic acids is 1. The number of nitrogens with one attached hydrogen (secondary N) is 3. The summed E-state index contributed by atoms with van der Waals surface area (Å²) in [5.74, 6) is 0.684. The number of carbonyl (C=O) groups is 1. The lowest BCUT2D eigenvalue weighted by Crippen LogP contribution is -2.48. The van der Waals surface area contributed by atoms with Crippen LogP contribution in [0.25, 0.3) is 6.08 Å². The van der Waals surface area contributed by atoms with Gasteiger partial charge in [0.2, 0.25) is 0 Å². The number of hydrogen-bond acceptors (Lipinski definition) is 8. The Morgan fingerprint density at radius 1 is 1.18 bits per heavy atom. The van der Waals surface area contributed by atoms with Gasteiger partial charge in [0.1, 0.15) is 5.76 Å². The summed E-state index contributed by atoms with van der Waals surface area (Å²) >= 11 is 0. The molecule has 2 heterocycles. The second kappa shape index (κ2) is 13.9. The van der Waals surface area contributed by atoms with E-state index in [1.54, 1.807) is 28.8 Å². The van der Waals surface area contributed by atoms with Crippen LogP contribution in [-0.4, -0.2) is 57.7 Å². The molecule has 0 radical (unpaired) electrons.